The Bertz CT molecular complexity index is 556. The second kappa shape index (κ2) is 6.52. The van der Waals surface area contributed by atoms with Crippen LogP contribution >= 0.6 is 0 Å². The minimum atomic E-state index is -3.55. The standard InChI is InChI=1S/C14H18O4S/c1-4-9-18-14(15)12(3)10-19(16,17)13-7-5-11(2)6-8-13/h5-8H,3-4,9-10H2,1-2H3. The van der Waals surface area contributed by atoms with Crippen LogP contribution in [0.2, 0.25) is 0 Å². The van der Waals surface area contributed by atoms with Crippen LogP contribution in [0.15, 0.2) is 41.3 Å². The van der Waals surface area contributed by atoms with E-state index in [0.29, 0.717) is 6.42 Å². The van der Waals surface area contributed by atoms with Gasteiger partial charge in [0.15, 0.2) is 9.84 Å². The fourth-order valence-electron chi connectivity index (χ4n) is 1.41. The summed E-state index contributed by atoms with van der Waals surface area (Å²) in [7, 11) is -3.55. The highest BCUT2D eigenvalue weighted by molar-refractivity contribution is 7.91. The van der Waals surface area contributed by atoms with E-state index in [-0.39, 0.29) is 17.1 Å². The van der Waals surface area contributed by atoms with Gasteiger partial charge in [-0.05, 0) is 25.5 Å². The van der Waals surface area contributed by atoms with Crippen molar-refractivity contribution in [2.24, 2.45) is 0 Å². The van der Waals surface area contributed by atoms with E-state index >= 15 is 0 Å². The van der Waals surface area contributed by atoms with Gasteiger partial charge in [0.05, 0.1) is 17.3 Å². The van der Waals surface area contributed by atoms with Crippen molar-refractivity contribution in [3.63, 3.8) is 0 Å². The number of benzene rings is 1. The fourth-order valence-corrected chi connectivity index (χ4v) is 2.71. The molecule has 0 saturated heterocycles. The summed E-state index contributed by atoms with van der Waals surface area (Å²) >= 11 is 0. The Morgan fingerprint density at radius 2 is 1.84 bits per heavy atom. The topological polar surface area (TPSA) is 60.4 Å². The van der Waals surface area contributed by atoms with Gasteiger partial charge in [-0.3, -0.25) is 0 Å². The predicted octanol–water partition coefficient (Wildman–Crippen LogP) is 2.28. The highest BCUT2D eigenvalue weighted by atomic mass is 32.2. The van der Waals surface area contributed by atoms with Crippen molar-refractivity contribution >= 4 is 15.8 Å². The SMILES string of the molecule is C=C(CS(=O)(=O)c1ccc(C)cc1)C(=O)OCCC. The van der Waals surface area contributed by atoms with Crippen molar-refractivity contribution in [3.8, 4) is 0 Å². The van der Waals surface area contributed by atoms with Gasteiger partial charge >= 0.3 is 5.97 Å². The summed E-state index contributed by atoms with van der Waals surface area (Å²) in [5.41, 5.74) is 0.925. The van der Waals surface area contributed by atoms with Gasteiger partial charge in [-0.1, -0.05) is 31.2 Å². The van der Waals surface area contributed by atoms with E-state index in [9.17, 15) is 13.2 Å². The molecule has 19 heavy (non-hydrogen) atoms. The number of carbonyl (C=O) groups is 1. The first-order chi connectivity index (χ1) is 8.86. The Hall–Kier alpha value is -1.62. The fraction of sp³-hybridized carbons (Fsp3) is 0.357. The third-order valence-corrected chi connectivity index (χ3v) is 4.19. The van der Waals surface area contributed by atoms with Gasteiger partial charge in [-0.2, -0.15) is 0 Å². The van der Waals surface area contributed by atoms with Gasteiger partial charge in [0.2, 0.25) is 0 Å². The third kappa shape index (κ3) is 4.52. The highest BCUT2D eigenvalue weighted by Crippen LogP contribution is 2.15. The van der Waals surface area contributed by atoms with Crippen LogP contribution in [0.3, 0.4) is 0 Å². The lowest BCUT2D eigenvalue weighted by atomic mass is 10.2. The first-order valence-corrected chi connectivity index (χ1v) is 7.66. The van der Waals surface area contributed by atoms with Crippen molar-refractivity contribution < 1.29 is 17.9 Å². The maximum absolute atomic E-state index is 12.1. The molecular weight excluding hydrogens is 264 g/mol. The summed E-state index contributed by atoms with van der Waals surface area (Å²) in [5.74, 6) is -1.07. The summed E-state index contributed by atoms with van der Waals surface area (Å²) < 4.78 is 29.0. The average Bonchev–Trinajstić information content (AvgIpc) is 2.35. The molecule has 0 aliphatic carbocycles. The van der Waals surface area contributed by atoms with Crippen molar-refractivity contribution in [2.45, 2.75) is 25.2 Å². The first kappa shape index (κ1) is 15.4. The van der Waals surface area contributed by atoms with Crippen LogP contribution in [0.1, 0.15) is 18.9 Å². The molecule has 0 atom stereocenters. The van der Waals surface area contributed by atoms with Crippen LogP contribution in [0.5, 0.6) is 0 Å². The smallest absolute Gasteiger partial charge is 0.334 e. The number of ether oxygens (including phenoxy) is 1. The number of esters is 1. The zero-order valence-electron chi connectivity index (χ0n) is 11.2. The maximum atomic E-state index is 12.1. The second-order valence-electron chi connectivity index (χ2n) is 4.31. The van der Waals surface area contributed by atoms with Crippen LogP contribution in [0, 0.1) is 6.92 Å². The molecule has 0 fully saturated rings. The van der Waals surface area contributed by atoms with E-state index in [1.165, 1.54) is 12.1 Å². The minimum absolute atomic E-state index is 0.0472. The quantitative estimate of drug-likeness (QED) is 0.593. The molecule has 5 heteroatoms. The number of sulfone groups is 1. The Morgan fingerprint density at radius 1 is 1.26 bits per heavy atom. The van der Waals surface area contributed by atoms with Crippen LogP contribution in [-0.4, -0.2) is 26.7 Å². The van der Waals surface area contributed by atoms with Crippen molar-refractivity contribution in [1.82, 2.24) is 0 Å². The normalized spacial score (nSPS) is 11.1. The van der Waals surface area contributed by atoms with E-state index in [0.717, 1.165) is 5.56 Å². The zero-order chi connectivity index (χ0) is 14.5. The van der Waals surface area contributed by atoms with Gasteiger partial charge < -0.3 is 4.74 Å². The van der Waals surface area contributed by atoms with Crippen LogP contribution < -0.4 is 0 Å². The maximum Gasteiger partial charge on any atom is 0.334 e. The average molecular weight is 282 g/mol. The molecule has 0 unspecified atom stereocenters. The Balaban J connectivity index is 2.77. The molecular formula is C14H18O4S. The lowest BCUT2D eigenvalue weighted by Gasteiger charge is -2.07. The molecule has 4 nitrogen and oxygen atoms in total. The molecule has 104 valence electrons. The molecule has 0 aliphatic heterocycles. The Morgan fingerprint density at radius 3 is 2.37 bits per heavy atom. The summed E-state index contributed by atoms with van der Waals surface area (Å²) in [6.07, 6.45) is 0.684. The minimum Gasteiger partial charge on any atom is -0.462 e. The van der Waals surface area contributed by atoms with E-state index in [4.69, 9.17) is 4.74 Å². The monoisotopic (exact) mass is 282 g/mol. The molecule has 1 rings (SSSR count). The summed E-state index contributed by atoms with van der Waals surface area (Å²) in [4.78, 5) is 11.7. The molecule has 0 amide bonds. The highest BCUT2D eigenvalue weighted by Gasteiger charge is 2.20. The first-order valence-electron chi connectivity index (χ1n) is 6.01. The largest absolute Gasteiger partial charge is 0.462 e. The molecule has 0 aliphatic rings. The molecule has 0 bridgehead atoms. The molecule has 0 radical (unpaired) electrons. The van der Waals surface area contributed by atoms with Crippen LogP contribution in [0.25, 0.3) is 0 Å². The van der Waals surface area contributed by atoms with E-state index in [2.05, 4.69) is 6.58 Å². The molecule has 0 heterocycles. The van der Waals surface area contributed by atoms with Crippen molar-refractivity contribution in [2.75, 3.05) is 12.4 Å². The number of carbonyl (C=O) groups excluding carboxylic acids is 1. The number of hydrogen-bond donors (Lipinski definition) is 0. The second-order valence-corrected chi connectivity index (χ2v) is 6.30. The molecule has 1 aromatic rings. The van der Waals surface area contributed by atoms with Crippen LogP contribution in [0.4, 0.5) is 0 Å². The Kier molecular flexibility index (Phi) is 5.30. The summed E-state index contributed by atoms with van der Waals surface area (Å²) in [5, 5.41) is 0. The number of hydrogen-bond acceptors (Lipinski definition) is 4. The lowest BCUT2D eigenvalue weighted by Crippen LogP contribution is -2.16. The predicted molar refractivity (Wildman–Crippen MR) is 73.6 cm³/mol. The third-order valence-electron chi connectivity index (χ3n) is 2.47. The summed E-state index contributed by atoms with van der Waals surface area (Å²) in [6, 6.07) is 6.47. The van der Waals surface area contributed by atoms with Gasteiger partial charge in [-0.15, -0.1) is 0 Å². The van der Waals surface area contributed by atoms with E-state index in [1.54, 1.807) is 12.1 Å². The van der Waals surface area contributed by atoms with E-state index < -0.39 is 21.6 Å². The van der Waals surface area contributed by atoms with Crippen molar-refractivity contribution in [3.05, 3.63) is 42.0 Å². The van der Waals surface area contributed by atoms with Gasteiger partial charge in [0.25, 0.3) is 0 Å². The van der Waals surface area contributed by atoms with Gasteiger partial charge in [-0.25, -0.2) is 13.2 Å². The van der Waals surface area contributed by atoms with E-state index in [1.807, 2.05) is 13.8 Å². The number of rotatable bonds is 6. The molecule has 0 spiro atoms. The van der Waals surface area contributed by atoms with Crippen LogP contribution in [-0.2, 0) is 19.4 Å². The lowest BCUT2D eigenvalue weighted by molar-refractivity contribution is -0.138. The molecule has 0 N–H and O–H groups in total. The van der Waals surface area contributed by atoms with Gasteiger partial charge in [0.1, 0.15) is 0 Å². The molecule has 0 aromatic heterocycles. The Labute approximate surface area is 114 Å². The molecule has 0 saturated carbocycles. The molecule has 1 aromatic carbocycles. The van der Waals surface area contributed by atoms with Crippen molar-refractivity contribution in [1.29, 1.82) is 0 Å². The number of aryl methyl sites for hydroxylation is 1. The van der Waals surface area contributed by atoms with Gasteiger partial charge in [0, 0.05) is 5.57 Å². The summed E-state index contributed by atoms with van der Waals surface area (Å²) in [6.45, 7) is 7.48. The zero-order valence-corrected chi connectivity index (χ0v) is 12.0.